The first-order chi connectivity index (χ1) is 8.90. The summed E-state index contributed by atoms with van der Waals surface area (Å²) in [6.45, 7) is 3.49. The Balaban J connectivity index is 2.25. The van der Waals surface area contributed by atoms with Gasteiger partial charge in [0, 0.05) is 18.1 Å². The molecule has 6 nitrogen and oxygen atoms in total. The molecule has 0 saturated carbocycles. The van der Waals surface area contributed by atoms with E-state index in [1.54, 1.807) is 38.4 Å². The van der Waals surface area contributed by atoms with Crippen molar-refractivity contribution < 1.29 is 8.42 Å². The van der Waals surface area contributed by atoms with Gasteiger partial charge in [0.25, 0.3) is 0 Å². The number of hydrogen-bond acceptors (Lipinski definition) is 4. The van der Waals surface area contributed by atoms with Crippen LogP contribution in [0.1, 0.15) is 24.4 Å². The van der Waals surface area contributed by atoms with Crippen molar-refractivity contribution in [1.29, 1.82) is 0 Å². The number of nitrogens with zero attached hydrogens (tertiary/aromatic N) is 1. The molecule has 0 amide bonds. The van der Waals surface area contributed by atoms with Crippen molar-refractivity contribution in [3.63, 3.8) is 0 Å². The molecule has 1 heterocycles. The molecule has 0 aliphatic rings. The topological polar surface area (TPSA) is 101 Å². The van der Waals surface area contributed by atoms with Crippen LogP contribution in [0.3, 0.4) is 0 Å². The number of hydrogen-bond donors (Lipinski definition) is 3. The second kappa shape index (κ2) is 5.02. The van der Waals surface area contributed by atoms with Gasteiger partial charge in [-0.25, -0.2) is 18.1 Å². The molecule has 1 unspecified atom stereocenters. The van der Waals surface area contributed by atoms with E-state index >= 15 is 0 Å². The predicted octanol–water partition coefficient (Wildman–Crippen LogP) is 1.34. The maximum Gasteiger partial charge on any atom is 0.241 e. The van der Waals surface area contributed by atoms with Crippen molar-refractivity contribution in [3.8, 4) is 0 Å². The summed E-state index contributed by atoms with van der Waals surface area (Å²) in [6.07, 6.45) is 3.22. The van der Waals surface area contributed by atoms with E-state index in [0.717, 1.165) is 5.56 Å². The number of aryl methyl sites for hydroxylation is 1. The van der Waals surface area contributed by atoms with E-state index in [-0.39, 0.29) is 4.90 Å². The van der Waals surface area contributed by atoms with Crippen molar-refractivity contribution in [3.05, 3.63) is 42.0 Å². The fourth-order valence-electron chi connectivity index (χ4n) is 1.69. The van der Waals surface area contributed by atoms with Crippen LogP contribution in [0.25, 0.3) is 0 Å². The van der Waals surface area contributed by atoms with Gasteiger partial charge in [-0.1, -0.05) is 0 Å². The Labute approximate surface area is 112 Å². The van der Waals surface area contributed by atoms with Crippen LogP contribution in [0.5, 0.6) is 0 Å². The second-order valence-electron chi connectivity index (χ2n) is 4.34. The minimum Gasteiger partial charge on any atom is -0.399 e. The molecule has 0 aliphatic heterocycles. The Morgan fingerprint density at radius 1 is 1.42 bits per heavy atom. The number of nitrogen functional groups attached to an aromatic ring is 1. The molecule has 2 aromatic rings. The Bertz CT molecular complexity index is 665. The summed E-state index contributed by atoms with van der Waals surface area (Å²) >= 11 is 0. The average molecular weight is 280 g/mol. The molecule has 1 aromatic carbocycles. The minimum atomic E-state index is -3.59. The van der Waals surface area contributed by atoms with Crippen LogP contribution >= 0.6 is 0 Å². The Hall–Kier alpha value is -1.86. The molecule has 1 aromatic heterocycles. The van der Waals surface area contributed by atoms with Crippen molar-refractivity contribution in [2.75, 3.05) is 5.73 Å². The molecule has 0 aliphatic carbocycles. The number of aromatic amines is 1. The third kappa shape index (κ3) is 2.94. The highest BCUT2D eigenvalue weighted by atomic mass is 32.2. The van der Waals surface area contributed by atoms with Gasteiger partial charge in [0.05, 0.1) is 10.9 Å². The maximum atomic E-state index is 12.2. The SMILES string of the molecule is Cc1cc(S(=O)(=O)NC(C)c2ncc[nH]2)ccc1N. The average Bonchev–Trinajstić information content (AvgIpc) is 2.85. The van der Waals surface area contributed by atoms with E-state index in [1.165, 1.54) is 6.07 Å². The summed E-state index contributed by atoms with van der Waals surface area (Å²) in [4.78, 5) is 7.09. The van der Waals surface area contributed by atoms with Crippen LogP contribution in [-0.2, 0) is 10.0 Å². The summed E-state index contributed by atoms with van der Waals surface area (Å²) in [5, 5.41) is 0. The van der Waals surface area contributed by atoms with Crippen molar-refractivity contribution in [2.45, 2.75) is 24.8 Å². The first kappa shape index (κ1) is 13.6. The largest absolute Gasteiger partial charge is 0.399 e. The third-order valence-corrected chi connectivity index (χ3v) is 4.35. The van der Waals surface area contributed by atoms with Crippen LogP contribution < -0.4 is 10.5 Å². The molecule has 19 heavy (non-hydrogen) atoms. The van der Waals surface area contributed by atoms with Gasteiger partial charge in [0.2, 0.25) is 10.0 Å². The zero-order valence-electron chi connectivity index (χ0n) is 10.7. The van der Waals surface area contributed by atoms with Gasteiger partial charge in [-0.2, -0.15) is 0 Å². The molecular formula is C12H16N4O2S. The molecule has 0 saturated heterocycles. The highest BCUT2D eigenvalue weighted by Gasteiger charge is 2.19. The van der Waals surface area contributed by atoms with Crippen LogP contribution in [0, 0.1) is 6.92 Å². The number of imidazole rings is 1. The lowest BCUT2D eigenvalue weighted by atomic mass is 10.2. The minimum absolute atomic E-state index is 0.192. The van der Waals surface area contributed by atoms with E-state index in [1.807, 2.05) is 0 Å². The van der Waals surface area contributed by atoms with E-state index in [0.29, 0.717) is 11.5 Å². The first-order valence-corrected chi connectivity index (χ1v) is 7.26. The highest BCUT2D eigenvalue weighted by Crippen LogP contribution is 2.18. The molecule has 0 spiro atoms. The number of nitrogens with two attached hydrogens (primary N) is 1. The number of sulfonamides is 1. The Morgan fingerprint density at radius 3 is 2.74 bits per heavy atom. The van der Waals surface area contributed by atoms with Gasteiger partial charge in [0.1, 0.15) is 5.82 Å². The molecule has 0 radical (unpaired) electrons. The zero-order valence-corrected chi connectivity index (χ0v) is 11.5. The summed E-state index contributed by atoms with van der Waals surface area (Å²) in [7, 11) is -3.59. The van der Waals surface area contributed by atoms with Gasteiger partial charge in [-0.3, -0.25) is 0 Å². The summed E-state index contributed by atoms with van der Waals surface area (Å²) < 4.78 is 27.0. The molecule has 7 heteroatoms. The van der Waals surface area contributed by atoms with Gasteiger partial charge in [-0.15, -0.1) is 0 Å². The number of anilines is 1. The Kier molecular flexibility index (Phi) is 3.59. The first-order valence-electron chi connectivity index (χ1n) is 5.78. The Morgan fingerprint density at radius 2 is 2.16 bits per heavy atom. The third-order valence-electron chi connectivity index (χ3n) is 2.81. The lowest BCUT2D eigenvalue weighted by Crippen LogP contribution is -2.27. The number of rotatable bonds is 4. The fraction of sp³-hybridized carbons (Fsp3) is 0.250. The molecule has 0 bridgehead atoms. The predicted molar refractivity (Wildman–Crippen MR) is 72.9 cm³/mol. The van der Waals surface area contributed by atoms with E-state index in [9.17, 15) is 8.42 Å². The van der Waals surface area contributed by atoms with E-state index in [4.69, 9.17) is 5.73 Å². The van der Waals surface area contributed by atoms with Crippen molar-refractivity contribution in [1.82, 2.24) is 14.7 Å². The summed E-state index contributed by atoms with van der Waals surface area (Å²) in [5.41, 5.74) is 6.98. The molecule has 0 fully saturated rings. The lowest BCUT2D eigenvalue weighted by Gasteiger charge is -2.13. The zero-order chi connectivity index (χ0) is 14.0. The van der Waals surface area contributed by atoms with Crippen LogP contribution in [0.15, 0.2) is 35.5 Å². The number of nitrogens with one attached hydrogen (secondary N) is 2. The highest BCUT2D eigenvalue weighted by molar-refractivity contribution is 7.89. The number of H-pyrrole nitrogens is 1. The summed E-state index contributed by atoms with van der Waals surface area (Å²) in [6, 6.07) is 4.19. The quantitative estimate of drug-likeness (QED) is 0.736. The normalized spacial score (nSPS) is 13.4. The second-order valence-corrected chi connectivity index (χ2v) is 6.05. The van der Waals surface area contributed by atoms with Crippen molar-refractivity contribution in [2.24, 2.45) is 0 Å². The van der Waals surface area contributed by atoms with Crippen LogP contribution in [0.2, 0.25) is 0 Å². The fourth-order valence-corrected chi connectivity index (χ4v) is 2.98. The number of aromatic nitrogens is 2. The van der Waals surface area contributed by atoms with Gasteiger partial charge in [-0.05, 0) is 37.6 Å². The molecular weight excluding hydrogens is 264 g/mol. The van der Waals surface area contributed by atoms with Gasteiger partial charge >= 0.3 is 0 Å². The van der Waals surface area contributed by atoms with Crippen LogP contribution in [0.4, 0.5) is 5.69 Å². The van der Waals surface area contributed by atoms with Gasteiger partial charge < -0.3 is 10.7 Å². The standard InChI is InChI=1S/C12H16N4O2S/c1-8-7-10(3-4-11(8)13)19(17,18)16-9(2)12-14-5-6-15-12/h3-7,9,16H,13H2,1-2H3,(H,14,15). The lowest BCUT2D eigenvalue weighted by molar-refractivity contribution is 0.561. The monoisotopic (exact) mass is 280 g/mol. The van der Waals surface area contributed by atoms with E-state index < -0.39 is 16.1 Å². The van der Waals surface area contributed by atoms with Crippen molar-refractivity contribution >= 4 is 15.7 Å². The molecule has 1 atom stereocenters. The van der Waals surface area contributed by atoms with Crippen LogP contribution in [-0.4, -0.2) is 18.4 Å². The molecule has 102 valence electrons. The van der Waals surface area contributed by atoms with Gasteiger partial charge in [0.15, 0.2) is 0 Å². The smallest absolute Gasteiger partial charge is 0.241 e. The number of benzene rings is 1. The molecule has 2 rings (SSSR count). The van der Waals surface area contributed by atoms with E-state index in [2.05, 4.69) is 14.7 Å². The molecule has 4 N–H and O–H groups in total. The maximum absolute atomic E-state index is 12.2. The summed E-state index contributed by atoms with van der Waals surface area (Å²) in [5.74, 6) is 0.566.